The Labute approximate surface area is 135 Å². The maximum atomic E-state index is 5.88. The van der Waals surface area contributed by atoms with E-state index in [0.29, 0.717) is 11.7 Å². The molecule has 0 fully saturated rings. The third kappa shape index (κ3) is 3.06. The number of rotatable bonds is 7. The Morgan fingerprint density at radius 3 is 2.74 bits per heavy atom. The Balaban J connectivity index is 1.98. The number of benzene rings is 1. The molecule has 0 spiro atoms. The van der Waals surface area contributed by atoms with Crippen molar-refractivity contribution in [3.05, 3.63) is 24.3 Å². The molecule has 0 bridgehead atoms. The van der Waals surface area contributed by atoms with Gasteiger partial charge in [-0.3, -0.25) is 0 Å². The lowest BCUT2D eigenvalue weighted by molar-refractivity contribution is 0.310. The highest BCUT2D eigenvalue weighted by Gasteiger charge is 2.21. The number of anilines is 1. The molecule has 0 radical (unpaired) electrons. The lowest BCUT2D eigenvalue weighted by atomic mass is 10.1. The Bertz CT molecular complexity index is 776. The molecule has 1 atom stereocenters. The van der Waals surface area contributed by atoms with E-state index in [1.165, 1.54) is 25.7 Å². The van der Waals surface area contributed by atoms with Gasteiger partial charge in [0.05, 0.1) is 11.0 Å². The maximum Gasteiger partial charge on any atom is 0.199 e. The van der Waals surface area contributed by atoms with E-state index < -0.39 is 0 Å². The van der Waals surface area contributed by atoms with Crippen LogP contribution in [0, 0.1) is 0 Å². The number of imidazole rings is 1. The molecule has 3 rings (SSSR count). The smallest absolute Gasteiger partial charge is 0.199 e. The van der Waals surface area contributed by atoms with Crippen molar-refractivity contribution in [2.45, 2.75) is 52.0 Å². The van der Waals surface area contributed by atoms with Gasteiger partial charge in [0.25, 0.3) is 0 Å². The first kappa shape index (κ1) is 15.5. The van der Waals surface area contributed by atoms with E-state index in [2.05, 4.69) is 34.8 Å². The van der Waals surface area contributed by atoms with Gasteiger partial charge < -0.3 is 10.3 Å². The number of nitrogen functional groups attached to an aromatic ring is 1. The summed E-state index contributed by atoms with van der Waals surface area (Å²) in [4.78, 5) is 4.70. The van der Waals surface area contributed by atoms with E-state index in [1.807, 2.05) is 18.2 Å². The summed E-state index contributed by atoms with van der Waals surface area (Å²) >= 11 is 0. The molecule has 122 valence electrons. The van der Waals surface area contributed by atoms with Gasteiger partial charge >= 0.3 is 0 Å². The van der Waals surface area contributed by atoms with Crippen LogP contribution in [0.3, 0.4) is 0 Å². The van der Waals surface area contributed by atoms with Gasteiger partial charge in [0.1, 0.15) is 0 Å². The Morgan fingerprint density at radius 1 is 1.17 bits per heavy atom. The van der Waals surface area contributed by atoms with E-state index >= 15 is 0 Å². The molecular weight excluding hydrogens is 290 g/mol. The summed E-state index contributed by atoms with van der Waals surface area (Å²) in [5.41, 5.74) is 8.42. The average Bonchev–Trinajstić information content (AvgIpc) is 3.14. The molecule has 6 nitrogen and oxygen atoms in total. The second kappa shape index (κ2) is 6.81. The van der Waals surface area contributed by atoms with Crippen molar-refractivity contribution in [1.82, 2.24) is 19.9 Å². The number of aromatic nitrogens is 4. The van der Waals surface area contributed by atoms with Crippen LogP contribution in [0.5, 0.6) is 0 Å². The predicted molar refractivity (Wildman–Crippen MR) is 90.9 cm³/mol. The molecule has 0 aliphatic rings. The highest BCUT2D eigenvalue weighted by atomic mass is 16.6. The highest BCUT2D eigenvalue weighted by molar-refractivity contribution is 5.81. The van der Waals surface area contributed by atoms with Crippen LogP contribution in [0.25, 0.3) is 22.6 Å². The molecule has 0 amide bonds. The van der Waals surface area contributed by atoms with Gasteiger partial charge in [0.2, 0.25) is 0 Å². The van der Waals surface area contributed by atoms with Crippen molar-refractivity contribution in [3.63, 3.8) is 0 Å². The number of para-hydroxylation sites is 2. The van der Waals surface area contributed by atoms with Crippen molar-refractivity contribution in [2.24, 2.45) is 0 Å². The lowest BCUT2D eigenvalue weighted by Gasteiger charge is -2.17. The molecule has 0 aliphatic carbocycles. The zero-order valence-electron chi connectivity index (χ0n) is 13.7. The Hall–Kier alpha value is -2.37. The molecule has 3 aromatic rings. The first-order chi connectivity index (χ1) is 11.2. The fourth-order valence-corrected chi connectivity index (χ4v) is 3.00. The monoisotopic (exact) mass is 313 g/mol. The third-order valence-corrected chi connectivity index (χ3v) is 4.24. The molecule has 1 aromatic carbocycles. The second-order valence-electron chi connectivity index (χ2n) is 5.99. The largest absolute Gasteiger partial charge is 0.379 e. The molecule has 23 heavy (non-hydrogen) atoms. The Morgan fingerprint density at radius 2 is 2.00 bits per heavy atom. The molecule has 0 saturated heterocycles. The van der Waals surface area contributed by atoms with Crippen molar-refractivity contribution in [1.29, 1.82) is 0 Å². The van der Waals surface area contributed by atoms with Gasteiger partial charge in [0.15, 0.2) is 17.3 Å². The minimum atomic E-state index is 0.278. The Kier molecular flexibility index (Phi) is 4.60. The predicted octanol–water partition coefficient (Wildman–Crippen LogP) is 4.20. The summed E-state index contributed by atoms with van der Waals surface area (Å²) in [6.07, 6.45) is 6.09. The zero-order valence-corrected chi connectivity index (χ0v) is 13.7. The average molecular weight is 313 g/mol. The molecule has 0 aliphatic heterocycles. The SMILES string of the molecule is CCCCCC[C@H](C)n1c(-c2nonc2N)nc2ccccc21. The van der Waals surface area contributed by atoms with Crippen LogP contribution in [-0.4, -0.2) is 19.9 Å². The molecule has 0 unspecified atom stereocenters. The summed E-state index contributed by atoms with van der Waals surface area (Å²) < 4.78 is 6.97. The van der Waals surface area contributed by atoms with E-state index in [0.717, 1.165) is 23.3 Å². The zero-order chi connectivity index (χ0) is 16.2. The summed E-state index contributed by atoms with van der Waals surface area (Å²) in [5, 5.41) is 7.63. The van der Waals surface area contributed by atoms with Crippen LogP contribution >= 0.6 is 0 Å². The van der Waals surface area contributed by atoms with Crippen LogP contribution in [0.15, 0.2) is 28.9 Å². The lowest BCUT2D eigenvalue weighted by Crippen LogP contribution is -2.08. The van der Waals surface area contributed by atoms with Crippen molar-refractivity contribution < 1.29 is 4.63 Å². The van der Waals surface area contributed by atoms with Crippen LogP contribution in [0.4, 0.5) is 5.82 Å². The van der Waals surface area contributed by atoms with Crippen molar-refractivity contribution >= 4 is 16.9 Å². The van der Waals surface area contributed by atoms with Crippen LogP contribution in [-0.2, 0) is 0 Å². The summed E-state index contributed by atoms with van der Waals surface area (Å²) in [5.74, 6) is 1.01. The summed E-state index contributed by atoms with van der Waals surface area (Å²) in [6.45, 7) is 4.44. The van der Waals surface area contributed by atoms with Gasteiger partial charge in [0, 0.05) is 6.04 Å². The van der Waals surface area contributed by atoms with Gasteiger partial charge in [-0.15, -0.1) is 0 Å². The quantitative estimate of drug-likeness (QED) is 0.661. The molecule has 2 N–H and O–H groups in total. The summed E-state index contributed by atoms with van der Waals surface area (Å²) in [6, 6.07) is 8.41. The number of hydrogen-bond acceptors (Lipinski definition) is 5. The van der Waals surface area contributed by atoms with E-state index in [1.54, 1.807) is 0 Å². The van der Waals surface area contributed by atoms with E-state index in [4.69, 9.17) is 15.3 Å². The number of nitrogens with two attached hydrogens (primary N) is 1. The van der Waals surface area contributed by atoms with Crippen LogP contribution in [0.1, 0.15) is 52.0 Å². The fraction of sp³-hybridized carbons (Fsp3) is 0.471. The molecule has 2 aromatic heterocycles. The fourth-order valence-electron chi connectivity index (χ4n) is 3.00. The number of nitrogens with zero attached hydrogens (tertiary/aromatic N) is 4. The van der Waals surface area contributed by atoms with Crippen LogP contribution in [0.2, 0.25) is 0 Å². The van der Waals surface area contributed by atoms with Crippen molar-refractivity contribution in [3.8, 4) is 11.5 Å². The minimum absolute atomic E-state index is 0.278. The summed E-state index contributed by atoms with van der Waals surface area (Å²) in [7, 11) is 0. The normalized spacial score (nSPS) is 12.8. The number of unbranched alkanes of at least 4 members (excludes halogenated alkanes) is 3. The highest BCUT2D eigenvalue weighted by Crippen LogP contribution is 2.31. The van der Waals surface area contributed by atoms with Crippen molar-refractivity contribution in [2.75, 3.05) is 5.73 Å². The molecule has 0 saturated carbocycles. The van der Waals surface area contributed by atoms with Gasteiger partial charge in [-0.1, -0.05) is 44.7 Å². The first-order valence-corrected chi connectivity index (χ1v) is 8.27. The number of fused-ring (bicyclic) bond motifs is 1. The maximum absolute atomic E-state index is 5.88. The third-order valence-electron chi connectivity index (χ3n) is 4.24. The van der Waals surface area contributed by atoms with Gasteiger partial charge in [-0.05, 0) is 35.8 Å². The number of hydrogen-bond donors (Lipinski definition) is 1. The molecular formula is C17H23N5O. The topological polar surface area (TPSA) is 82.8 Å². The standard InChI is InChI=1S/C17H23N5O/c1-3-4-5-6-9-12(2)22-14-11-8-7-10-13(14)19-17(22)15-16(18)21-23-20-15/h7-8,10-12H,3-6,9H2,1-2H3,(H2,18,21)/t12-/m0/s1. The van der Waals surface area contributed by atoms with E-state index in [-0.39, 0.29) is 5.82 Å². The first-order valence-electron chi connectivity index (χ1n) is 8.27. The van der Waals surface area contributed by atoms with Gasteiger partial charge in [-0.25, -0.2) is 9.61 Å². The second-order valence-corrected chi connectivity index (χ2v) is 5.99. The van der Waals surface area contributed by atoms with E-state index in [9.17, 15) is 0 Å². The minimum Gasteiger partial charge on any atom is -0.379 e. The van der Waals surface area contributed by atoms with Crippen LogP contribution < -0.4 is 5.73 Å². The molecule has 6 heteroatoms. The van der Waals surface area contributed by atoms with Gasteiger partial charge in [-0.2, -0.15) is 0 Å². The molecule has 2 heterocycles.